The van der Waals surface area contributed by atoms with Gasteiger partial charge in [-0.1, -0.05) is 46.6 Å². The topological polar surface area (TPSA) is 55.1 Å². The highest BCUT2D eigenvalue weighted by atomic mass is 35.5. The predicted molar refractivity (Wildman–Crippen MR) is 127 cm³/mol. The molecule has 0 spiro atoms. The molecule has 162 valence electrons. The smallest absolute Gasteiger partial charge is 0.170 e. The van der Waals surface area contributed by atoms with E-state index in [2.05, 4.69) is 53.2 Å². The van der Waals surface area contributed by atoms with Crippen LogP contribution in [0.15, 0.2) is 53.1 Å². The van der Waals surface area contributed by atoms with Crippen LogP contribution in [0.4, 0.5) is 5.82 Å². The largest absolute Gasteiger partial charge is 0.356 e. The van der Waals surface area contributed by atoms with Gasteiger partial charge in [0, 0.05) is 40.4 Å². The summed E-state index contributed by atoms with van der Waals surface area (Å²) in [6.45, 7) is 7.66. The predicted octanol–water partition coefficient (Wildman–Crippen LogP) is 5.86. The lowest BCUT2D eigenvalue weighted by atomic mass is 9.99. The summed E-state index contributed by atoms with van der Waals surface area (Å²) in [5, 5.41) is 5.12. The molecular formula is C26H25ClN4O. The number of aromatic nitrogens is 3. The number of hydrogen-bond acceptors (Lipinski definition) is 5. The molecule has 1 aliphatic heterocycles. The van der Waals surface area contributed by atoms with Crippen molar-refractivity contribution in [2.24, 2.45) is 0 Å². The van der Waals surface area contributed by atoms with Gasteiger partial charge in [-0.3, -0.25) is 0 Å². The molecule has 5 nitrogen and oxygen atoms in total. The zero-order valence-electron chi connectivity index (χ0n) is 18.5. The van der Waals surface area contributed by atoms with E-state index in [0.29, 0.717) is 11.6 Å². The number of anilines is 1. The lowest BCUT2D eigenvalue weighted by molar-refractivity contribution is 0.423. The second-order valence-corrected chi connectivity index (χ2v) is 8.87. The highest BCUT2D eigenvalue weighted by Crippen LogP contribution is 2.34. The lowest BCUT2D eigenvalue weighted by Crippen LogP contribution is -2.32. The first-order chi connectivity index (χ1) is 15.5. The van der Waals surface area contributed by atoms with Crippen LogP contribution in [0, 0.1) is 20.8 Å². The molecule has 0 N–H and O–H groups in total. The van der Waals surface area contributed by atoms with Crippen molar-refractivity contribution in [3.8, 4) is 11.3 Å². The number of aryl methyl sites for hydroxylation is 3. The Bertz CT molecular complexity index is 1260. The summed E-state index contributed by atoms with van der Waals surface area (Å²) >= 11 is 6.04. The fourth-order valence-electron chi connectivity index (χ4n) is 4.34. The average molecular weight is 445 g/mol. The molecule has 0 atom stereocenters. The van der Waals surface area contributed by atoms with Crippen LogP contribution in [0.1, 0.15) is 39.5 Å². The van der Waals surface area contributed by atoms with Gasteiger partial charge in [0.25, 0.3) is 0 Å². The van der Waals surface area contributed by atoms with Crippen LogP contribution in [0.2, 0.25) is 5.02 Å². The van der Waals surface area contributed by atoms with Crippen molar-refractivity contribution in [3.05, 3.63) is 93.0 Å². The molecule has 2 aromatic heterocycles. The Hall–Kier alpha value is -3.18. The molecule has 0 amide bonds. The first-order valence-corrected chi connectivity index (χ1v) is 11.2. The monoisotopic (exact) mass is 444 g/mol. The van der Waals surface area contributed by atoms with Gasteiger partial charge in [-0.2, -0.15) is 0 Å². The second-order valence-electron chi connectivity index (χ2n) is 8.44. The summed E-state index contributed by atoms with van der Waals surface area (Å²) in [5.74, 6) is 2.63. The maximum absolute atomic E-state index is 6.04. The van der Waals surface area contributed by atoms with Crippen LogP contribution in [-0.4, -0.2) is 21.7 Å². The van der Waals surface area contributed by atoms with Crippen LogP contribution in [0.3, 0.4) is 0 Å². The molecule has 1 aliphatic rings. The van der Waals surface area contributed by atoms with Crippen molar-refractivity contribution >= 4 is 17.4 Å². The molecule has 0 unspecified atom stereocenters. The first-order valence-electron chi connectivity index (χ1n) is 10.9. The van der Waals surface area contributed by atoms with Gasteiger partial charge in [-0.25, -0.2) is 9.97 Å². The number of rotatable bonds is 4. The third-order valence-electron chi connectivity index (χ3n) is 6.05. The van der Waals surface area contributed by atoms with E-state index >= 15 is 0 Å². The van der Waals surface area contributed by atoms with E-state index in [0.717, 1.165) is 53.7 Å². The zero-order chi connectivity index (χ0) is 22.2. The van der Waals surface area contributed by atoms with E-state index in [9.17, 15) is 0 Å². The lowest BCUT2D eigenvalue weighted by Gasteiger charge is -2.29. The Balaban J connectivity index is 1.46. The zero-order valence-corrected chi connectivity index (χ0v) is 19.3. The summed E-state index contributed by atoms with van der Waals surface area (Å²) < 4.78 is 5.76. The Morgan fingerprint density at radius 1 is 0.969 bits per heavy atom. The van der Waals surface area contributed by atoms with Crippen LogP contribution in [-0.2, 0) is 19.4 Å². The van der Waals surface area contributed by atoms with Crippen LogP contribution in [0.5, 0.6) is 0 Å². The molecule has 2 aromatic carbocycles. The molecular weight excluding hydrogens is 420 g/mol. The van der Waals surface area contributed by atoms with Gasteiger partial charge in [-0.15, -0.1) is 0 Å². The third kappa shape index (κ3) is 4.00. The quantitative estimate of drug-likeness (QED) is 0.394. The van der Waals surface area contributed by atoms with Gasteiger partial charge in [-0.05, 0) is 57.0 Å². The molecule has 0 bridgehead atoms. The Kier molecular flexibility index (Phi) is 5.43. The minimum absolute atomic E-state index is 0.670. The van der Waals surface area contributed by atoms with E-state index in [1.165, 1.54) is 22.3 Å². The second kappa shape index (κ2) is 8.40. The van der Waals surface area contributed by atoms with Crippen molar-refractivity contribution in [2.45, 2.75) is 40.2 Å². The number of hydrogen-bond donors (Lipinski definition) is 0. The minimum Gasteiger partial charge on any atom is -0.356 e. The first kappa shape index (κ1) is 20.7. The van der Waals surface area contributed by atoms with Crippen molar-refractivity contribution in [2.75, 3.05) is 11.4 Å². The fraction of sp³-hybridized carbons (Fsp3) is 0.269. The Morgan fingerprint density at radius 2 is 1.72 bits per heavy atom. The van der Waals surface area contributed by atoms with Crippen molar-refractivity contribution in [3.63, 3.8) is 0 Å². The molecule has 0 aliphatic carbocycles. The summed E-state index contributed by atoms with van der Waals surface area (Å²) in [6, 6.07) is 16.4. The molecule has 0 radical (unpaired) electrons. The molecule has 0 saturated heterocycles. The maximum Gasteiger partial charge on any atom is 0.170 e. The number of halogens is 1. The number of fused-ring (bicyclic) bond motifs is 1. The van der Waals surface area contributed by atoms with E-state index < -0.39 is 0 Å². The average Bonchev–Trinajstić information content (AvgIpc) is 3.20. The van der Waals surface area contributed by atoms with Crippen molar-refractivity contribution in [1.82, 2.24) is 15.1 Å². The SMILES string of the molecule is Cc1ccc(Cc2c(C)nc(C)nc2N2CCc3c(noc3-c3ccc(Cl)cc3)C2)cc1. The molecule has 5 rings (SSSR count). The molecule has 6 heteroatoms. The van der Waals surface area contributed by atoms with Gasteiger partial charge >= 0.3 is 0 Å². The Morgan fingerprint density at radius 3 is 2.47 bits per heavy atom. The standard InChI is InChI=1S/C26H25ClN4O/c1-16-4-6-19(7-5-16)14-23-17(2)28-18(3)29-26(23)31-13-12-22-24(15-31)30-32-25(22)20-8-10-21(27)11-9-20/h4-11H,12-15H2,1-3H3. The summed E-state index contributed by atoms with van der Waals surface area (Å²) in [6.07, 6.45) is 1.66. The molecule has 0 fully saturated rings. The minimum atomic E-state index is 0.670. The highest BCUT2D eigenvalue weighted by molar-refractivity contribution is 6.30. The molecule has 3 heterocycles. The number of benzene rings is 2. The molecule has 4 aromatic rings. The Labute approximate surface area is 193 Å². The summed E-state index contributed by atoms with van der Waals surface area (Å²) in [5.41, 5.74) is 7.87. The summed E-state index contributed by atoms with van der Waals surface area (Å²) in [4.78, 5) is 11.8. The van der Waals surface area contributed by atoms with Crippen molar-refractivity contribution < 1.29 is 4.52 Å². The highest BCUT2D eigenvalue weighted by Gasteiger charge is 2.27. The van der Waals surface area contributed by atoms with Crippen LogP contribution in [0.25, 0.3) is 11.3 Å². The summed E-state index contributed by atoms with van der Waals surface area (Å²) in [7, 11) is 0. The van der Waals surface area contributed by atoms with E-state index in [-0.39, 0.29) is 0 Å². The van der Waals surface area contributed by atoms with Crippen LogP contribution < -0.4 is 4.90 Å². The molecule has 0 saturated carbocycles. The fourth-order valence-corrected chi connectivity index (χ4v) is 4.46. The third-order valence-corrected chi connectivity index (χ3v) is 6.31. The van der Waals surface area contributed by atoms with Gasteiger partial charge in [0.2, 0.25) is 0 Å². The maximum atomic E-state index is 6.04. The molecule has 32 heavy (non-hydrogen) atoms. The van der Waals surface area contributed by atoms with Gasteiger partial charge in [0.1, 0.15) is 17.3 Å². The van der Waals surface area contributed by atoms with Crippen molar-refractivity contribution in [1.29, 1.82) is 0 Å². The van der Waals surface area contributed by atoms with Gasteiger partial charge in [0.15, 0.2) is 5.76 Å². The van der Waals surface area contributed by atoms with Gasteiger partial charge < -0.3 is 9.42 Å². The van der Waals surface area contributed by atoms with E-state index in [1.54, 1.807) is 0 Å². The van der Waals surface area contributed by atoms with E-state index in [4.69, 9.17) is 21.1 Å². The van der Waals surface area contributed by atoms with Crippen LogP contribution >= 0.6 is 11.6 Å². The number of nitrogens with zero attached hydrogens (tertiary/aromatic N) is 4. The van der Waals surface area contributed by atoms with E-state index in [1.807, 2.05) is 31.2 Å². The van der Waals surface area contributed by atoms with Gasteiger partial charge in [0.05, 0.1) is 6.54 Å². The normalized spacial score (nSPS) is 13.3.